The van der Waals surface area contributed by atoms with E-state index in [4.69, 9.17) is 4.42 Å². The Morgan fingerprint density at radius 1 is 1.00 bits per heavy atom. The van der Waals surface area contributed by atoms with Crippen molar-refractivity contribution in [3.05, 3.63) is 84.2 Å². The van der Waals surface area contributed by atoms with Gasteiger partial charge in [-0.1, -0.05) is 30.3 Å². The Bertz CT molecular complexity index is 1380. The van der Waals surface area contributed by atoms with Gasteiger partial charge >= 0.3 is 0 Å². The molecule has 0 N–H and O–H groups in total. The number of hydrogen-bond donors (Lipinski definition) is 0. The van der Waals surface area contributed by atoms with Gasteiger partial charge in [0.15, 0.2) is 5.58 Å². The molecular formula is C24H18N3O+. The first kappa shape index (κ1) is 16.3. The van der Waals surface area contributed by atoms with Crippen LogP contribution in [0.2, 0.25) is 0 Å². The lowest BCUT2D eigenvalue weighted by molar-refractivity contribution is -0.659. The molecule has 134 valence electrons. The Hall–Kier alpha value is -3.84. The van der Waals surface area contributed by atoms with Crippen LogP contribution in [0.4, 0.5) is 0 Å². The average Bonchev–Trinajstić information content (AvgIpc) is 3.28. The summed E-state index contributed by atoms with van der Waals surface area (Å²) in [6, 6.07) is 22.3. The van der Waals surface area contributed by atoms with E-state index in [1.807, 2.05) is 43.4 Å². The summed E-state index contributed by atoms with van der Waals surface area (Å²) in [5.41, 5.74) is 5.47. The molecule has 0 bridgehead atoms. The fraction of sp³-hybridized carbons (Fsp3) is 0.0833. The number of nitrogens with zero attached hydrogens (tertiary/aromatic N) is 3. The molecule has 28 heavy (non-hydrogen) atoms. The summed E-state index contributed by atoms with van der Waals surface area (Å²) in [4.78, 5) is 0. The number of nitriles is 1. The summed E-state index contributed by atoms with van der Waals surface area (Å²) in [5, 5.41) is 11.3. The molecule has 5 rings (SSSR count). The summed E-state index contributed by atoms with van der Waals surface area (Å²) < 4.78 is 10.6. The van der Waals surface area contributed by atoms with Crippen LogP contribution >= 0.6 is 0 Å². The normalized spacial score (nSPS) is 11.2. The Labute approximate surface area is 162 Å². The predicted octanol–water partition coefficient (Wildman–Crippen LogP) is 5.05. The molecule has 2 heterocycles. The molecule has 2 aromatic heterocycles. The molecule has 3 aromatic carbocycles. The quantitative estimate of drug-likeness (QED) is 0.412. The van der Waals surface area contributed by atoms with Crippen molar-refractivity contribution in [3.8, 4) is 23.1 Å². The van der Waals surface area contributed by atoms with Crippen molar-refractivity contribution in [3.63, 3.8) is 0 Å². The Kier molecular flexibility index (Phi) is 3.56. The summed E-state index contributed by atoms with van der Waals surface area (Å²) in [6.07, 6.45) is 4.12. The second-order valence-corrected chi connectivity index (χ2v) is 7.00. The van der Waals surface area contributed by atoms with Gasteiger partial charge < -0.3 is 4.42 Å². The highest BCUT2D eigenvalue weighted by molar-refractivity contribution is 6.09. The molecule has 0 aliphatic carbocycles. The fourth-order valence-electron chi connectivity index (χ4n) is 3.86. The van der Waals surface area contributed by atoms with Crippen molar-refractivity contribution >= 4 is 21.9 Å². The van der Waals surface area contributed by atoms with Crippen LogP contribution in [-0.4, -0.2) is 4.57 Å². The Balaban J connectivity index is 1.87. The summed E-state index contributed by atoms with van der Waals surface area (Å²) in [5.74, 6) is 1.05. The van der Waals surface area contributed by atoms with Gasteiger partial charge in [0.25, 0.3) is 5.82 Å². The maximum Gasteiger partial charge on any atom is 0.297 e. The fourth-order valence-corrected chi connectivity index (χ4v) is 3.86. The summed E-state index contributed by atoms with van der Waals surface area (Å²) >= 11 is 0. The van der Waals surface area contributed by atoms with Crippen molar-refractivity contribution in [2.45, 2.75) is 6.92 Å². The number of hydrogen-bond acceptors (Lipinski definition) is 2. The molecule has 0 saturated heterocycles. The van der Waals surface area contributed by atoms with Crippen LogP contribution in [0.15, 0.2) is 77.5 Å². The topological polar surface area (TPSA) is 45.7 Å². The highest BCUT2D eigenvalue weighted by atomic mass is 16.3. The monoisotopic (exact) mass is 364 g/mol. The smallest absolute Gasteiger partial charge is 0.297 e. The van der Waals surface area contributed by atoms with Crippen molar-refractivity contribution in [2.75, 3.05) is 0 Å². The van der Waals surface area contributed by atoms with Gasteiger partial charge in [-0.05, 0) is 42.8 Å². The molecule has 4 heteroatoms. The molecule has 0 spiro atoms. The van der Waals surface area contributed by atoms with Crippen LogP contribution < -0.4 is 4.57 Å². The van der Waals surface area contributed by atoms with Crippen molar-refractivity contribution in [2.24, 2.45) is 7.05 Å². The van der Waals surface area contributed by atoms with Crippen molar-refractivity contribution in [1.82, 2.24) is 4.57 Å². The molecular weight excluding hydrogens is 346 g/mol. The van der Waals surface area contributed by atoms with Crippen LogP contribution in [0.1, 0.15) is 11.1 Å². The lowest BCUT2D eigenvalue weighted by Crippen LogP contribution is -2.29. The number of imidazole rings is 1. The van der Waals surface area contributed by atoms with E-state index in [1.54, 1.807) is 0 Å². The number of aromatic nitrogens is 2. The van der Waals surface area contributed by atoms with Crippen LogP contribution in [0.25, 0.3) is 39.0 Å². The lowest BCUT2D eigenvalue weighted by Gasteiger charge is -2.07. The minimum atomic E-state index is 0.600. The maximum absolute atomic E-state index is 9.22. The van der Waals surface area contributed by atoms with Gasteiger partial charge in [0, 0.05) is 10.8 Å². The molecule has 0 aliphatic rings. The van der Waals surface area contributed by atoms with E-state index in [1.165, 1.54) is 0 Å². The van der Waals surface area contributed by atoms with Crippen LogP contribution in [0.5, 0.6) is 0 Å². The predicted molar refractivity (Wildman–Crippen MR) is 109 cm³/mol. The number of benzene rings is 3. The first-order valence-corrected chi connectivity index (χ1v) is 9.16. The molecule has 5 aromatic rings. The second kappa shape index (κ2) is 6.11. The highest BCUT2D eigenvalue weighted by Gasteiger charge is 2.25. The zero-order chi connectivity index (χ0) is 19.3. The van der Waals surface area contributed by atoms with E-state index in [0.29, 0.717) is 5.56 Å². The third-order valence-electron chi connectivity index (χ3n) is 5.24. The van der Waals surface area contributed by atoms with Crippen LogP contribution in [0, 0.1) is 18.3 Å². The van der Waals surface area contributed by atoms with Gasteiger partial charge in [-0.15, -0.1) is 0 Å². The molecule has 0 amide bonds. The molecule has 4 nitrogen and oxygen atoms in total. The Morgan fingerprint density at radius 3 is 2.57 bits per heavy atom. The van der Waals surface area contributed by atoms with E-state index in [-0.39, 0.29) is 0 Å². The SMILES string of the molecule is Cc1ccc2c(oc3cc(C#N)ccc32)c1-c1n(-c2ccccc2)cc[n+]1C. The molecule has 0 aliphatic heterocycles. The number of para-hydroxylation sites is 1. The molecule has 0 unspecified atom stereocenters. The van der Waals surface area contributed by atoms with E-state index in [9.17, 15) is 5.26 Å². The average molecular weight is 364 g/mol. The highest BCUT2D eigenvalue weighted by Crippen LogP contribution is 2.37. The first-order chi connectivity index (χ1) is 13.7. The Morgan fingerprint density at radius 2 is 1.79 bits per heavy atom. The zero-order valence-corrected chi connectivity index (χ0v) is 15.7. The number of furan rings is 1. The van der Waals surface area contributed by atoms with Gasteiger partial charge in [-0.2, -0.15) is 9.83 Å². The minimum Gasteiger partial charge on any atom is -0.455 e. The van der Waals surface area contributed by atoms with E-state index >= 15 is 0 Å². The van der Waals surface area contributed by atoms with Crippen molar-refractivity contribution < 1.29 is 8.98 Å². The third-order valence-corrected chi connectivity index (χ3v) is 5.24. The standard InChI is InChI=1S/C24H18N3O/c1-16-8-10-20-19-11-9-17(15-25)14-21(19)28-23(20)22(16)24-26(2)12-13-27(24)18-6-4-3-5-7-18/h3-14H,1-2H3/q+1. The first-order valence-electron chi connectivity index (χ1n) is 9.16. The number of fused-ring (bicyclic) bond motifs is 3. The third kappa shape index (κ3) is 2.34. The maximum atomic E-state index is 9.22. The lowest BCUT2D eigenvalue weighted by atomic mass is 10.0. The van der Waals surface area contributed by atoms with E-state index < -0.39 is 0 Å². The molecule has 0 fully saturated rings. The molecule has 0 saturated carbocycles. The van der Waals surface area contributed by atoms with Gasteiger partial charge in [0.1, 0.15) is 29.2 Å². The molecule has 0 atom stereocenters. The summed E-state index contributed by atoms with van der Waals surface area (Å²) in [6.45, 7) is 2.10. The van der Waals surface area contributed by atoms with Gasteiger partial charge in [-0.25, -0.2) is 4.57 Å². The number of rotatable bonds is 2. The van der Waals surface area contributed by atoms with Gasteiger partial charge in [-0.3, -0.25) is 0 Å². The van der Waals surface area contributed by atoms with E-state index in [0.717, 1.165) is 44.6 Å². The van der Waals surface area contributed by atoms with Crippen LogP contribution in [0.3, 0.4) is 0 Å². The minimum absolute atomic E-state index is 0.600. The second-order valence-electron chi connectivity index (χ2n) is 7.00. The van der Waals surface area contributed by atoms with Crippen molar-refractivity contribution in [1.29, 1.82) is 5.26 Å². The zero-order valence-electron chi connectivity index (χ0n) is 15.7. The largest absolute Gasteiger partial charge is 0.455 e. The molecule has 0 radical (unpaired) electrons. The van der Waals surface area contributed by atoms with Crippen LogP contribution in [-0.2, 0) is 7.05 Å². The number of aryl methyl sites for hydroxylation is 2. The van der Waals surface area contributed by atoms with Gasteiger partial charge in [0.2, 0.25) is 0 Å². The van der Waals surface area contributed by atoms with Gasteiger partial charge in [0.05, 0.1) is 18.7 Å². The van der Waals surface area contributed by atoms with E-state index in [2.05, 4.69) is 58.8 Å². The summed E-state index contributed by atoms with van der Waals surface area (Å²) in [7, 11) is 2.05.